The maximum atomic E-state index is 11.9. The van der Waals surface area contributed by atoms with Crippen LogP contribution in [-0.2, 0) is 4.74 Å². The molecule has 3 nitrogen and oxygen atoms in total. The zero-order chi connectivity index (χ0) is 15.8. The summed E-state index contributed by atoms with van der Waals surface area (Å²) in [5, 5.41) is 2.89. The van der Waals surface area contributed by atoms with Crippen LogP contribution in [-0.4, -0.2) is 12.2 Å². The summed E-state index contributed by atoms with van der Waals surface area (Å²) < 4.78 is 5.17. The molecule has 0 aliphatic heterocycles. The minimum atomic E-state index is -0.415. The van der Waals surface area contributed by atoms with Crippen molar-refractivity contribution in [2.24, 2.45) is 0 Å². The second-order valence-electron chi connectivity index (χ2n) is 5.26. The summed E-state index contributed by atoms with van der Waals surface area (Å²) in [6.07, 6.45) is 3.40. The lowest BCUT2D eigenvalue weighted by Crippen LogP contribution is -2.29. The SMILES string of the molecule is CC(C)OC(=O)NC(/C=C/c1ccccc1)c1ccccc1. The first-order chi connectivity index (χ1) is 10.6. The van der Waals surface area contributed by atoms with Gasteiger partial charge < -0.3 is 10.1 Å². The molecule has 0 saturated heterocycles. The molecular formula is C19H21NO2. The molecule has 1 N–H and O–H groups in total. The molecular weight excluding hydrogens is 274 g/mol. The van der Waals surface area contributed by atoms with Gasteiger partial charge >= 0.3 is 6.09 Å². The van der Waals surface area contributed by atoms with E-state index in [1.807, 2.05) is 86.7 Å². The van der Waals surface area contributed by atoms with Crippen LogP contribution in [0.2, 0.25) is 0 Å². The first kappa shape index (κ1) is 15.8. The Morgan fingerprint density at radius 1 is 1.00 bits per heavy atom. The Labute approximate surface area is 131 Å². The molecule has 0 spiro atoms. The van der Waals surface area contributed by atoms with Crippen molar-refractivity contribution >= 4 is 12.2 Å². The molecule has 0 bridgehead atoms. The van der Waals surface area contributed by atoms with Gasteiger partial charge in [-0.3, -0.25) is 0 Å². The van der Waals surface area contributed by atoms with Gasteiger partial charge in [-0.2, -0.15) is 0 Å². The predicted molar refractivity (Wildman–Crippen MR) is 89.4 cm³/mol. The molecule has 22 heavy (non-hydrogen) atoms. The van der Waals surface area contributed by atoms with E-state index >= 15 is 0 Å². The summed E-state index contributed by atoms with van der Waals surface area (Å²) in [5.74, 6) is 0. The molecule has 114 valence electrons. The molecule has 2 aromatic rings. The first-order valence-electron chi connectivity index (χ1n) is 7.40. The van der Waals surface area contributed by atoms with E-state index in [1.165, 1.54) is 0 Å². The number of carbonyl (C=O) groups is 1. The summed E-state index contributed by atoms with van der Waals surface area (Å²) in [5.41, 5.74) is 2.10. The Morgan fingerprint density at radius 3 is 2.18 bits per heavy atom. The van der Waals surface area contributed by atoms with Crippen molar-refractivity contribution in [3.63, 3.8) is 0 Å². The molecule has 0 aromatic heterocycles. The van der Waals surface area contributed by atoms with Crippen LogP contribution in [0.5, 0.6) is 0 Å². The van der Waals surface area contributed by atoms with Gasteiger partial charge in [-0.15, -0.1) is 0 Å². The van der Waals surface area contributed by atoms with E-state index in [-0.39, 0.29) is 12.1 Å². The van der Waals surface area contributed by atoms with Crippen molar-refractivity contribution in [3.8, 4) is 0 Å². The Bertz CT molecular complexity index is 606. The fourth-order valence-electron chi connectivity index (χ4n) is 2.05. The zero-order valence-corrected chi connectivity index (χ0v) is 12.9. The van der Waals surface area contributed by atoms with Gasteiger partial charge in [0.05, 0.1) is 12.1 Å². The summed E-state index contributed by atoms with van der Waals surface area (Å²) >= 11 is 0. The number of rotatable bonds is 5. The Morgan fingerprint density at radius 2 is 1.59 bits per heavy atom. The highest BCUT2D eigenvalue weighted by Crippen LogP contribution is 2.16. The molecule has 2 rings (SSSR count). The number of nitrogens with one attached hydrogen (secondary N) is 1. The summed E-state index contributed by atoms with van der Waals surface area (Å²) in [6.45, 7) is 3.66. The minimum Gasteiger partial charge on any atom is -0.447 e. The third-order valence-corrected chi connectivity index (χ3v) is 3.06. The molecule has 3 heteroatoms. The van der Waals surface area contributed by atoms with Crippen molar-refractivity contribution in [2.75, 3.05) is 0 Å². The molecule has 1 atom stereocenters. The van der Waals surface area contributed by atoms with Crippen molar-refractivity contribution in [1.82, 2.24) is 5.32 Å². The van der Waals surface area contributed by atoms with Crippen molar-refractivity contribution in [1.29, 1.82) is 0 Å². The molecule has 0 saturated carbocycles. The van der Waals surface area contributed by atoms with E-state index in [9.17, 15) is 4.79 Å². The average molecular weight is 295 g/mol. The second kappa shape index (κ2) is 8.03. The third-order valence-electron chi connectivity index (χ3n) is 3.06. The van der Waals surface area contributed by atoms with Crippen LogP contribution in [0.4, 0.5) is 4.79 Å². The molecule has 2 aromatic carbocycles. The fourth-order valence-corrected chi connectivity index (χ4v) is 2.05. The van der Waals surface area contributed by atoms with Crippen molar-refractivity contribution in [3.05, 3.63) is 77.9 Å². The number of alkyl carbamates (subject to hydrolysis) is 1. The van der Waals surface area contributed by atoms with Gasteiger partial charge in [0.25, 0.3) is 0 Å². The number of benzene rings is 2. The largest absolute Gasteiger partial charge is 0.447 e. The van der Waals surface area contributed by atoms with Crippen LogP contribution in [0.1, 0.15) is 31.0 Å². The van der Waals surface area contributed by atoms with Crippen LogP contribution < -0.4 is 5.32 Å². The highest BCUT2D eigenvalue weighted by Gasteiger charge is 2.13. The van der Waals surface area contributed by atoms with Crippen LogP contribution in [0, 0.1) is 0 Å². The first-order valence-corrected chi connectivity index (χ1v) is 7.40. The van der Waals surface area contributed by atoms with E-state index in [2.05, 4.69) is 5.32 Å². The van der Waals surface area contributed by atoms with Gasteiger partial charge in [-0.25, -0.2) is 4.79 Å². The highest BCUT2D eigenvalue weighted by atomic mass is 16.6. The van der Waals surface area contributed by atoms with Crippen molar-refractivity contribution in [2.45, 2.75) is 26.0 Å². The summed E-state index contributed by atoms with van der Waals surface area (Å²) in [4.78, 5) is 11.9. The zero-order valence-electron chi connectivity index (χ0n) is 12.9. The lowest BCUT2D eigenvalue weighted by molar-refractivity contribution is 0.114. The molecule has 0 aliphatic carbocycles. The molecule has 0 aliphatic rings. The number of hydrogen-bond donors (Lipinski definition) is 1. The van der Waals surface area contributed by atoms with Crippen LogP contribution in [0.3, 0.4) is 0 Å². The quantitative estimate of drug-likeness (QED) is 0.877. The summed E-state index contributed by atoms with van der Waals surface area (Å²) in [6, 6.07) is 19.6. The van der Waals surface area contributed by atoms with Crippen LogP contribution in [0.15, 0.2) is 66.7 Å². The Hall–Kier alpha value is -2.55. The third kappa shape index (κ3) is 5.09. The maximum absolute atomic E-state index is 11.9. The standard InChI is InChI=1S/C19H21NO2/c1-15(2)22-19(21)20-18(17-11-7-4-8-12-17)14-13-16-9-5-3-6-10-16/h3-15,18H,1-2H3,(H,20,21)/b14-13+. The molecule has 0 fully saturated rings. The molecule has 1 amide bonds. The average Bonchev–Trinajstić information content (AvgIpc) is 2.52. The number of ether oxygens (including phenoxy) is 1. The van der Waals surface area contributed by atoms with E-state index in [1.54, 1.807) is 0 Å². The number of carbonyl (C=O) groups excluding carboxylic acids is 1. The Kier molecular flexibility index (Phi) is 5.78. The van der Waals surface area contributed by atoms with Crippen LogP contribution >= 0.6 is 0 Å². The lowest BCUT2D eigenvalue weighted by Gasteiger charge is -2.17. The van der Waals surface area contributed by atoms with Gasteiger partial charge in [-0.05, 0) is 25.0 Å². The van der Waals surface area contributed by atoms with Gasteiger partial charge in [-0.1, -0.05) is 72.8 Å². The number of amides is 1. The fraction of sp³-hybridized carbons (Fsp3) is 0.211. The normalized spacial score (nSPS) is 12.3. The smallest absolute Gasteiger partial charge is 0.408 e. The molecule has 0 radical (unpaired) electrons. The molecule has 0 heterocycles. The maximum Gasteiger partial charge on any atom is 0.408 e. The second-order valence-corrected chi connectivity index (χ2v) is 5.26. The van der Waals surface area contributed by atoms with E-state index in [0.717, 1.165) is 11.1 Å². The highest BCUT2D eigenvalue weighted by molar-refractivity contribution is 5.69. The summed E-state index contributed by atoms with van der Waals surface area (Å²) in [7, 11) is 0. The predicted octanol–water partition coefficient (Wildman–Crippen LogP) is 4.58. The topological polar surface area (TPSA) is 38.3 Å². The van der Waals surface area contributed by atoms with Gasteiger partial charge in [0.15, 0.2) is 0 Å². The Balaban J connectivity index is 2.15. The van der Waals surface area contributed by atoms with Crippen molar-refractivity contribution < 1.29 is 9.53 Å². The number of hydrogen-bond acceptors (Lipinski definition) is 2. The van der Waals surface area contributed by atoms with E-state index in [0.29, 0.717) is 0 Å². The minimum absolute atomic E-state index is 0.144. The van der Waals surface area contributed by atoms with Crippen LogP contribution in [0.25, 0.3) is 6.08 Å². The van der Waals surface area contributed by atoms with E-state index in [4.69, 9.17) is 4.74 Å². The van der Waals surface area contributed by atoms with Gasteiger partial charge in [0.2, 0.25) is 0 Å². The van der Waals surface area contributed by atoms with Gasteiger partial charge in [0.1, 0.15) is 0 Å². The van der Waals surface area contributed by atoms with Gasteiger partial charge in [0, 0.05) is 0 Å². The lowest BCUT2D eigenvalue weighted by atomic mass is 10.1. The van der Waals surface area contributed by atoms with E-state index < -0.39 is 6.09 Å². The monoisotopic (exact) mass is 295 g/mol. The molecule has 1 unspecified atom stereocenters.